The zero-order valence-corrected chi connectivity index (χ0v) is 6.52. The van der Waals surface area contributed by atoms with Gasteiger partial charge in [0, 0.05) is 12.1 Å². The molecule has 1 aromatic rings. The van der Waals surface area contributed by atoms with Gasteiger partial charge < -0.3 is 4.74 Å². The minimum Gasteiger partial charge on any atom is -0.465 e. The number of methoxy groups -OCH3 is 1. The van der Waals surface area contributed by atoms with Gasteiger partial charge in [-0.15, -0.1) is 0 Å². The van der Waals surface area contributed by atoms with E-state index in [0.717, 1.165) is 0 Å². The van der Waals surface area contributed by atoms with Crippen molar-refractivity contribution in [3.63, 3.8) is 0 Å². The summed E-state index contributed by atoms with van der Waals surface area (Å²) in [4.78, 5) is 13.8. The monoisotopic (exact) mass is 163 g/mol. The number of hydrogen-bond acceptors (Lipinski definition) is 3. The molecule has 0 atom stereocenters. The van der Waals surface area contributed by atoms with Gasteiger partial charge in [-0.25, -0.2) is 4.79 Å². The molecule has 0 aromatic heterocycles. The summed E-state index contributed by atoms with van der Waals surface area (Å²) in [5.74, 6) is -0.403. The van der Waals surface area contributed by atoms with E-state index in [0.29, 0.717) is 11.3 Å². The number of benzene rings is 1. The molecule has 0 unspecified atom stereocenters. The minimum absolute atomic E-state index is 0.403. The van der Waals surface area contributed by atoms with Gasteiger partial charge in [0.25, 0.3) is 0 Å². The van der Waals surface area contributed by atoms with Crippen molar-refractivity contribution in [1.29, 1.82) is 5.39 Å². The summed E-state index contributed by atoms with van der Waals surface area (Å²) in [5, 5.41) is 8.33. The van der Waals surface area contributed by atoms with Crippen LogP contribution in [0.2, 0.25) is 0 Å². The van der Waals surface area contributed by atoms with Gasteiger partial charge in [0.2, 0.25) is 5.39 Å². The van der Waals surface area contributed by atoms with Crippen molar-refractivity contribution >= 4 is 11.7 Å². The molecule has 60 valence electrons. The molecular formula is C8H7N2O2+. The van der Waals surface area contributed by atoms with E-state index in [4.69, 9.17) is 5.39 Å². The third kappa shape index (κ3) is 1.58. The lowest BCUT2D eigenvalue weighted by Gasteiger charge is -1.94. The maximum atomic E-state index is 10.9. The van der Waals surface area contributed by atoms with E-state index >= 15 is 0 Å². The Morgan fingerprint density at radius 1 is 1.42 bits per heavy atom. The highest BCUT2D eigenvalue weighted by Gasteiger charge is 2.07. The topological polar surface area (TPSA) is 54.5 Å². The molecule has 0 N–H and O–H groups in total. The molecule has 12 heavy (non-hydrogen) atoms. The number of esters is 1. The number of carbonyl (C=O) groups excluding carboxylic acids is 1. The second kappa shape index (κ2) is 3.49. The molecule has 0 heterocycles. The largest absolute Gasteiger partial charge is 0.465 e. The Labute approximate surface area is 69.4 Å². The highest BCUT2D eigenvalue weighted by atomic mass is 16.5. The molecule has 0 aliphatic rings. The molecular weight excluding hydrogens is 156 g/mol. The first-order chi connectivity index (χ1) is 5.77. The quantitative estimate of drug-likeness (QED) is 0.469. The average molecular weight is 163 g/mol. The van der Waals surface area contributed by atoms with Crippen LogP contribution in [0.25, 0.3) is 4.98 Å². The third-order valence-electron chi connectivity index (χ3n) is 1.40. The Morgan fingerprint density at radius 2 is 2.00 bits per heavy atom. The lowest BCUT2D eigenvalue weighted by Crippen LogP contribution is -1.99. The van der Waals surface area contributed by atoms with Gasteiger partial charge in [0.05, 0.1) is 12.7 Å². The van der Waals surface area contributed by atoms with Gasteiger partial charge in [0.15, 0.2) is 4.98 Å². The maximum Gasteiger partial charge on any atom is 0.385 e. The molecule has 0 saturated heterocycles. The Bertz CT molecular complexity index is 324. The van der Waals surface area contributed by atoms with Crippen LogP contribution in [0.15, 0.2) is 24.3 Å². The molecule has 0 amide bonds. The summed E-state index contributed by atoms with van der Waals surface area (Å²) < 4.78 is 4.48. The van der Waals surface area contributed by atoms with Gasteiger partial charge in [-0.2, -0.15) is 0 Å². The van der Waals surface area contributed by atoms with Crippen LogP contribution in [0.3, 0.4) is 0 Å². The first-order valence-corrected chi connectivity index (χ1v) is 3.31. The van der Waals surface area contributed by atoms with Crippen LogP contribution in [0.5, 0.6) is 0 Å². The number of diazo groups is 1. The van der Waals surface area contributed by atoms with E-state index < -0.39 is 5.97 Å². The van der Waals surface area contributed by atoms with Gasteiger partial charge in [-0.05, 0) is 12.1 Å². The lowest BCUT2D eigenvalue weighted by atomic mass is 10.2. The fourth-order valence-corrected chi connectivity index (χ4v) is 0.782. The first kappa shape index (κ1) is 8.21. The number of rotatable bonds is 1. The molecule has 0 fully saturated rings. The highest BCUT2D eigenvalue weighted by Crippen LogP contribution is 2.12. The van der Waals surface area contributed by atoms with Gasteiger partial charge in [-0.3, -0.25) is 0 Å². The molecule has 1 aromatic carbocycles. The Kier molecular flexibility index (Phi) is 2.38. The standard InChI is InChI=1S/C8H7N2O2/c1-12-8(11)6-2-4-7(10-9)5-3-6/h2-5H,1H3/q+1. The zero-order chi connectivity index (χ0) is 8.97. The number of ether oxygens (including phenoxy) is 1. The molecule has 0 aliphatic heterocycles. The molecule has 4 heteroatoms. The Hall–Kier alpha value is -1.89. The van der Waals surface area contributed by atoms with Crippen LogP contribution < -0.4 is 0 Å². The van der Waals surface area contributed by atoms with E-state index in [1.165, 1.54) is 31.4 Å². The van der Waals surface area contributed by atoms with Crippen LogP contribution in [-0.2, 0) is 4.74 Å². The van der Waals surface area contributed by atoms with Gasteiger partial charge in [0.1, 0.15) is 0 Å². The Morgan fingerprint density at radius 3 is 2.42 bits per heavy atom. The predicted octanol–water partition coefficient (Wildman–Crippen LogP) is 1.96. The summed E-state index contributed by atoms with van der Waals surface area (Å²) in [6, 6.07) is 6.10. The molecule has 0 radical (unpaired) electrons. The second-order valence-corrected chi connectivity index (χ2v) is 2.14. The van der Waals surface area contributed by atoms with Crippen LogP contribution >= 0.6 is 0 Å². The van der Waals surface area contributed by atoms with Crippen molar-refractivity contribution < 1.29 is 9.53 Å². The first-order valence-electron chi connectivity index (χ1n) is 3.31. The molecule has 0 bridgehead atoms. The normalized spacial score (nSPS) is 8.67. The lowest BCUT2D eigenvalue weighted by molar-refractivity contribution is 0.0601. The van der Waals surface area contributed by atoms with Crippen molar-refractivity contribution in [2.75, 3.05) is 7.11 Å². The minimum atomic E-state index is -0.403. The number of nitrogens with zero attached hydrogens (tertiary/aromatic N) is 2. The molecule has 0 aliphatic carbocycles. The van der Waals surface area contributed by atoms with Crippen LogP contribution in [0.1, 0.15) is 10.4 Å². The van der Waals surface area contributed by atoms with Crippen molar-refractivity contribution in [2.45, 2.75) is 0 Å². The van der Waals surface area contributed by atoms with Crippen molar-refractivity contribution in [2.24, 2.45) is 0 Å². The fourth-order valence-electron chi connectivity index (χ4n) is 0.782. The SMILES string of the molecule is COC(=O)c1ccc([N+]#N)cc1. The van der Waals surface area contributed by atoms with E-state index in [2.05, 4.69) is 9.71 Å². The summed E-state index contributed by atoms with van der Waals surface area (Å²) in [6.45, 7) is 0. The van der Waals surface area contributed by atoms with Crippen LogP contribution in [-0.4, -0.2) is 13.1 Å². The van der Waals surface area contributed by atoms with E-state index in [-0.39, 0.29) is 0 Å². The van der Waals surface area contributed by atoms with Crippen LogP contribution in [0.4, 0.5) is 5.69 Å². The van der Waals surface area contributed by atoms with Gasteiger partial charge in [-0.1, -0.05) is 0 Å². The van der Waals surface area contributed by atoms with E-state index in [1.54, 1.807) is 0 Å². The summed E-state index contributed by atoms with van der Waals surface area (Å²) in [7, 11) is 1.31. The van der Waals surface area contributed by atoms with Gasteiger partial charge >= 0.3 is 11.7 Å². The van der Waals surface area contributed by atoms with E-state index in [1.807, 2.05) is 0 Å². The second-order valence-electron chi connectivity index (χ2n) is 2.14. The summed E-state index contributed by atoms with van der Waals surface area (Å²) >= 11 is 0. The maximum absolute atomic E-state index is 10.9. The Balaban J connectivity index is 2.94. The molecule has 1 rings (SSSR count). The number of carbonyl (C=O) groups is 1. The fraction of sp³-hybridized carbons (Fsp3) is 0.125. The highest BCUT2D eigenvalue weighted by molar-refractivity contribution is 5.89. The predicted molar refractivity (Wildman–Crippen MR) is 42.5 cm³/mol. The zero-order valence-electron chi connectivity index (χ0n) is 6.52. The summed E-state index contributed by atoms with van der Waals surface area (Å²) in [6.07, 6.45) is 0. The molecule has 0 spiro atoms. The van der Waals surface area contributed by atoms with Crippen molar-refractivity contribution in [3.05, 3.63) is 34.8 Å². The van der Waals surface area contributed by atoms with E-state index in [9.17, 15) is 4.79 Å². The van der Waals surface area contributed by atoms with Crippen molar-refractivity contribution in [3.8, 4) is 0 Å². The smallest absolute Gasteiger partial charge is 0.385 e. The third-order valence-corrected chi connectivity index (χ3v) is 1.40. The average Bonchev–Trinajstić information content (AvgIpc) is 2.17. The summed E-state index contributed by atoms with van der Waals surface area (Å²) in [5.41, 5.74) is 0.840. The molecule has 4 nitrogen and oxygen atoms in total. The van der Waals surface area contributed by atoms with Crippen LogP contribution in [0, 0.1) is 5.39 Å². The van der Waals surface area contributed by atoms with Crippen molar-refractivity contribution in [1.82, 2.24) is 0 Å². The molecule has 0 saturated carbocycles. The number of hydrogen-bond donors (Lipinski definition) is 0.